The molecule has 2 heterocycles. The Labute approximate surface area is 138 Å². The summed E-state index contributed by atoms with van der Waals surface area (Å²) in [6, 6.07) is 8.97. The van der Waals surface area contributed by atoms with Crippen LogP contribution < -0.4 is 5.43 Å². The van der Waals surface area contributed by atoms with Gasteiger partial charge in [0.15, 0.2) is 0 Å². The van der Waals surface area contributed by atoms with E-state index < -0.39 is 0 Å². The zero-order valence-corrected chi connectivity index (χ0v) is 13.4. The van der Waals surface area contributed by atoms with E-state index in [9.17, 15) is 9.59 Å². The van der Waals surface area contributed by atoms with Gasteiger partial charge in [0, 0.05) is 0 Å². The summed E-state index contributed by atoms with van der Waals surface area (Å²) in [5.41, 5.74) is 2.33. The predicted molar refractivity (Wildman–Crippen MR) is 90.1 cm³/mol. The smallest absolute Gasteiger partial charge is 0.315 e. The highest BCUT2D eigenvalue weighted by Gasteiger charge is 2.30. The molecule has 0 saturated carbocycles. The number of aryl methyl sites for hydroxylation is 1. The highest BCUT2D eigenvalue weighted by Crippen LogP contribution is 2.33. The Morgan fingerprint density at radius 2 is 2.17 bits per heavy atom. The fraction of sp³-hybridized carbons (Fsp3) is 0.316. The number of hydrogen-bond donors (Lipinski definition) is 0. The first-order valence-electron chi connectivity index (χ1n) is 8.21. The fourth-order valence-electron chi connectivity index (χ4n) is 3.39. The van der Waals surface area contributed by atoms with Gasteiger partial charge in [-0.2, -0.15) is 0 Å². The summed E-state index contributed by atoms with van der Waals surface area (Å²) < 4.78 is 11.0. The number of para-hydroxylation sites is 1. The van der Waals surface area contributed by atoms with Gasteiger partial charge in [-0.25, -0.2) is 4.98 Å². The van der Waals surface area contributed by atoms with Crippen LogP contribution in [0.1, 0.15) is 36.9 Å². The Kier molecular flexibility index (Phi) is 3.56. The molecule has 122 valence electrons. The molecule has 5 heteroatoms. The SMILES string of the molecule is CCOC(=O)C1CCCc2cc3c(=O)c4ccccc4oc3nc21. The number of nitrogens with zero attached hydrogens (tertiary/aromatic N) is 1. The van der Waals surface area contributed by atoms with Crippen LogP contribution in [0, 0.1) is 0 Å². The molecule has 2 aromatic heterocycles. The van der Waals surface area contributed by atoms with Crippen molar-refractivity contribution in [2.24, 2.45) is 0 Å². The van der Waals surface area contributed by atoms with Crippen molar-refractivity contribution in [1.82, 2.24) is 4.98 Å². The van der Waals surface area contributed by atoms with Gasteiger partial charge in [-0.3, -0.25) is 9.59 Å². The summed E-state index contributed by atoms with van der Waals surface area (Å²) in [5.74, 6) is -0.636. The van der Waals surface area contributed by atoms with Crippen LogP contribution in [-0.4, -0.2) is 17.6 Å². The lowest BCUT2D eigenvalue weighted by Crippen LogP contribution is -2.22. The van der Waals surface area contributed by atoms with E-state index in [1.165, 1.54) is 0 Å². The Bertz CT molecular complexity index is 1010. The number of hydrogen-bond acceptors (Lipinski definition) is 5. The van der Waals surface area contributed by atoms with Gasteiger partial charge in [0.25, 0.3) is 0 Å². The van der Waals surface area contributed by atoms with Crippen LogP contribution in [0.5, 0.6) is 0 Å². The molecule has 0 radical (unpaired) electrons. The third-order valence-corrected chi connectivity index (χ3v) is 4.52. The molecule has 0 saturated heterocycles. The molecule has 1 aliphatic rings. The topological polar surface area (TPSA) is 69.4 Å². The standard InChI is InChI=1S/C19H17NO4/c1-2-23-19(22)13-8-5-6-11-10-14-17(21)12-7-3-4-9-15(12)24-18(14)20-16(11)13/h3-4,7,9-10,13H,2,5-6,8H2,1H3. The molecule has 0 N–H and O–H groups in total. The van der Waals surface area contributed by atoms with Crippen LogP contribution in [0.25, 0.3) is 22.1 Å². The third-order valence-electron chi connectivity index (χ3n) is 4.52. The van der Waals surface area contributed by atoms with Gasteiger partial charge in [0.1, 0.15) is 5.58 Å². The predicted octanol–water partition coefficient (Wildman–Crippen LogP) is 3.32. The number of pyridine rings is 1. The number of benzene rings is 1. The molecule has 24 heavy (non-hydrogen) atoms. The van der Waals surface area contributed by atoms with Crippen molar-refractivity contribution >= 4 is 28.0 Å². The number of ether oxygens (including phenoxy) is 1. The van der Waals surface area contributed by atoms with E-state index in [1.807, 2.05) is 18.2 Å². The lowest BCUT2D eigenvalue weighted by molar-refractivity contribution is -0.145. The van der Waals surface area contributed by atoms with Crippen LogP contribution in [0.3, 0.4) is 0 Å². The normalized spacial score (nSPS) is 17.0. The molecular formula is C19H17NO4. The Hall–Kier alpha value is -2.69. The van der Waals surface area contributed by atoms with Crippen molar-refractivity contribution in [3.63, 3.8) is 0 Å². The minimum Gasteiger partial charge on any atom is -0.465 e. The van der Waals surface area contributed by atoms with E-state index in [2.05, 4.69) is 4.98 Å². The number of rotatable bonds is 2. The quantitative estimate of drug-likeness (QED) is 0.534. The summed E-state index contributed by atoms with van der Waals surface area (Å²) in [4.78, 5) is 29.5. The lowest BCUT2D eigenvalue weighted by atomic mass is 9.86. The van der Waals surface area contributed by atoms with Crippen LogP contribution in [0.4, 0.5) is 0 Å². The second kappa shape index (κ2) is 5.74. The Balaban J connectivity index is 1.95. The van der Waals surface area contributed by atoms with Crippen molar-refractivity contribution in [3.8, 4) is 0 Å². The second-order valence-corrected chi connectivity index (χ2v) is 6.01. The first-order chi connectivity index (χ1) is 11.7. The maximum absolute atomic E-state index is 12.7. The maximum atomic E-state index is 12.7. The van der Waals surface area contributed by atoms with Crippen LogP contribution in [0.15, 0.2) is 39.5 Å². The molecule has 0 aliphatic heterocycles. The van der Waals surface area contributed by atoms with Crippen molar-refractivity contribution in [3.05, 3.63) is 51.8 Å². The molecule has 1 aromatic carbocycles. The summed E-state index contributed by atoms with van der Waals surface area (Å²) in [6.45, 7) is 2.14. The highest BCUT2D eigenvalue weighted by molar-refractivity contribution is 5.89. The summed E-state index contributed by atoms with van der Waals surface area (Å²) in [5, 5.41) is 1.02. The van der Waals surface area contributed by atoms with Gasteiger partial charge in [0.05, 0.1) is 29.0 Å². The van der Waals surface area contributed by atoms with Gasteiger partial charge in [-0.05, 0) is 49.9 Å². The summed E-state index contributed by atoms with van der Waals surface area (Å²) in [6.07, 6.45) is 2.39. The number of carbonyl (C=O) groups is 1. The van der Waals surface area contributed by atoms with Crippen molar-refractivity contribution in [2.45, 2.75) is 32.1 Å². The lowest BCUT2D eigenvalue weighted by Gasteiger charge is -2.23. The monoisotopic (exact) mass is 323 g/mol. The van der Waals surface area contributed by atoms with Gasteiger partial charge >= 0.3 is 5.97 Å². The summed E-state index contributed by atoms with van der Waals surface area (Å²) >= 11 is 0. The Morgan fingerprint density at radius 1 is 1.33 bits per heavy atom. The molecule has 3 aromatic rings. The van der Waals surface area contributed by atoms with E-state index in [-0.39, 0.29) is 23.0 Å². The van der Waals surface area contributed by atoms with Gasteiger partial charge in [-0.15, -0.1) is 0 Å². The molecular weight excluding hydrogens is 306 g/mol. The molecule has 1 atom stereocenters. The van der Waals surface area contributed by atoms with Crippen LogP contribution in [-0.2, 0) is 16.0 Å². The Morgan fingerprint density at radius 3 is 3.00 bits per heavy atom. The van der Waals surface area contributed by atoms with E-state index >= 15 is 0 Å². The molecule has 1 aliphatic carbocycles. The average Bonchev–Trinajstić information content (AvgIpc) is 2.60. The molecule has 0 fully saturated rings. The van der Waals surface area contributed by atoms with E-state index in [0.29, 0.717) is 35.1 Å². The van der Waals surface area contributed by atoms with Crippen molar-refractivity contribution in [2.75, 3.05) is 6.61 Å². The molecule has 4 rings (SSSR count). The number of carbonyl (C=O) groups excluding carboxylic acids is 1. The van der Waals surface area contributed by atoms with Crippen molar-refractivity contribution < 1.29 is 13.9 Å². The minimum atomic E-state index is -0.380. The largest absolute Gasteiger partial charge is 0.465 e. The number of aromatic nitrogens is 1. The molecule has 0 spiro atoms. The minimum absolute atomic E-state index is 0.0830. The highest BCUT2D eigenvalue weighted by atomic mass is 16.5. The maximum Gasteiger partial charge on any atom is 0.315 e. The average molecular weight is 323 g/mol. The third kappa shape index (κ3) is 2.28. The zero-order chi connectivity index (χ0) is 16.7. The van der Waals surface area contributed by atoms with Crippen LogP contribution >= 0.6 is 0 Å². The number of esters is 1. The van der Waals surface area contributed by atoms with Gasteiger partial charge in [0.2, 0.25) is 11.1 Å². The zero-order valence-electron chi connectivity index (χ0n) is 13.4. The first-order valence-corrected chi connectivity index (χ1v) is 8.21. The second-order valence-electron chi connectivity index (χ2n) is 6.01. The van der Waals surface area contributed by atoms with E-state index in [0.717, 1.165) is 18.4 Å². The fourth-order valence-corrected chi connectivity index (χ4v) is 3.39. The van der Waals surface area contributed by atoms with Crippen LogP contribution in [0.2, 0.25) is 0 Å². The molecule has 0 amide bonds. The van der Waals surface area contributed by atoms with Gasteiger partial charge < -0.3 is 9.15 Å². The van der Waals surface area contributed by atoms with Gasteiger partial charge in [-0.1, -0.05) is 12.1 Å². The molecule has 1 unspecified atom stereocenters. The number of fused-ring (bicyclic) bond motifs is 3. The van der Waals surface area contributed by atoms with Crippen molar-refractivity contribution in [1.29, 1.82) is 0 Å². The van der Waals surface area contributed by atoms with E-state index in [4.69, 9.17) is 9.15 Å². The first kappa shape index (κ1) is 14.9. The van der Waals surface area contributed by atoms with E-state index in [1.54, 1.807) is 19.1 Å². The summed E-state index contributed by atoms with van der Waals surface area (Å²) in [7, 11) is 0. The molecule has 5 nitrogen and oxygen atoms in total. The molecule has 0 bridgehead atoms.